The van der Waals surface area contributed by atoms with E-state index in [-0.39, 0.29) is 22.1 Å². The Labute approximate surface area is 111 Å². The fourth-order valence-corrected chi connectivity index (χ4v) is 1.54. The standard InChI is InChI=1S/C12H15ClFNOS/c1-7(2)11(17)12(16)15-6-8-3-4-10(14)9(13)5-8/h3-5,7,11,17H,6H2,1-2H3,(H,15,16). The van der Waals surface area contributed by atoms with Crippen LogP contribution in [0.2, 0.25) is 5.02 Å². The number of hydrogen-bond acceptors (Lipinski definition) is 2. The quantitative estimate of drug-likeness (QED) is 0.813. The predicted molar refractivity (Wildman–Crippen MR) is 70.9 cm³/mol. The molecule has 0 fully saturated rings. The summed E-state index contributed by atoms with van der Waals surface area (Å²) in [6, 6.07) is 4.37. The fourth-order valence-electron chi connectivity index (χ4n) is 1.25. The van der Waals surface area contributed by atoms with E-state index in [0.717, 1.165) is 5.56 Å². The normalized spacial score (nSPS) is 12.6. The van der Waals surface area contributed by atoms with Gasteiger partial charge in [0, 0.05) is 6.54 Å². The van der Waals surface area contributed by atoms with E-state index in [1.54, 1.807) is 6.07 Å². The van der Waals surface area contributed by atoms with Crippen molar-refractivity contribution in [2.75, 3.05) is 0 Å². The zero-order valence-corrected chi connectivity index (χ0v) is 11.4. The Bertz CT molecular complexity index is 411. The van der Waals surface area contributed by atoms with Crippen LogP contribution in [0.1, 0.15) is 19.4 Å². The molecule has 94 valence electrons. The van der Waals surface area contributed by atoms with Gasteiger partial charge in [0.15, 0.2) is 0 Å². The Balaban J connectivity index is 2.56. The Morgan fingerprint density at radius 3 is 2.71 bits per heavy atom. The molecule has 1 amide bonds. The Morgan fingerprint density at radius 1 is 1.53 bits per heavy atom. The molecule has 1 atom stereocenters. The summed E-state index contributed by atoms with van der Waals surface area (Å²) in [5.41, 5.74) is 0.758. The Hall–Kier alpha value is -0.740. The van der Waals surface area contributed by atoms with Gasteiger partial charge in [-0.05, 0) is 23.6 Å². The molecule has 0 heterocycles. The lowest BCUT2D eigenvalue weighted by Gasteiger charge is -2.14. The van der Waals surface area contributed by atoms with E-state index in [9.17, 15) is 9.18 Å². The van der Waals surface area contributed by atoms with E-state index in [1.165, 1.54) is 12.1 Å². The minimum absolute atomic E-state index is 0.0584. The van der Waals surface area contributed by atoms with Crippen LogP contribution >= 0.6 is 24.2 Å². The third-order valence-electron chi connectivity index (χ3n) is 2.35. The minimum Gasteiger partial charge on any atom is -0.351 e. The third kappa shape index (κ3) is 4.21. The van der Waals surface area contributed by atoms with Crippen molar-refractivity contribution in [3.63, 3.8) is 0 Å². The summed E-state index contributed by atoms with van der Waals surface area (Å²) in [6.07, 6.45) is 0. The lowest BCUT2D eigenvalue weighted by atomic mass is 10.1. The SMILES string of the molecule is CC(C)C(S)C(=O)NCc1ccc(F)c(Cl)c1. The molecule has 0 aliphatic rings. The highest BCUT2D eigenvalue weighted by atomic mass is 35.5. The lowest BCUT2D eigenvalue weighted by Crippen LogP contribution is -2.33. The number of carbonyl (C=O) groups is 1. The second-order valence-electron chi connectivity index (χ2n) is 4.16. The molecule has 2 nitrogen and oxygen atoms in total. The number of nitrogens with one attached hydrogen (secondary N) is 1. The van der Waals surface area contributed by atoms with E-state index in [4.69, 9.17) is 11.6 Å². The molecule has 0 bridgehead atoms. The molecule has 17 heavy (non-hydrogen) atoms. The average molecular weight is 276 g/mol. The van der Waals surface area contributed by atoms with Gasteiger partial charge in [-0.25, -0.2) is 4.39 Å². The van der Waals surface area contributed by atoms with Gasteiger partial charge in [0.25, 0.3) is 0 Å². The molecule has 0 aromatic heterocycles. The van der Waals surface area contributed by atoms with Crippen LogP contribution in [-0.2, 0) is 11.3 Å². The van der Waals surface area contributed by atoms with Gasteiger partial charge in [0.1, 0.15) is 5.82 Å². The molecule has 0 aliphatic carbocycles. The first-order chi connectivity index (χ1) is 7.91. The van der Waals surface area contributed by atoms with Crippen LogP contribution in [-0.4, -0.2) is 11.2 Å². The second-order valence-corrected chi connectivity index (χ2v) is 5.12. The highest BCUT2D eigenvalue weighted by Gasteiger charge is 2.17. The maximum Gasteiger partial charge on any atom is 0.233 e. The van der Waals surface area contributed by atoms with E-state index in [2.05, 4.69) is 17.9 Å². The molecule has 0 saturated carbocycles. The summed E-state index contributed by atoms with van der Waals surface area (Å²) in [6.45, 7) is 4.17. The van der Waals surface area contributed by atoms with Gasteiger partial charge in [-0.1, -0.05) is 31.5 Å². The van der Waals surface area contributed by atoms with Gasteiger partial charge in [-0.2, -0.15) is 12.6 Å². The summed E-state index contributed by atoms with van der Waals surface area (Å²) in [5.74, 6) is -0.435. The monoisotopic (exact) mass is 275 g/mol. The van der Waals surface area contributed by atoms with Crippen LogP contribution in [0.15, 0.2) is 18.2 Å². The molecule has 1 rings (SSSR count). The summed E-state index contributed by atoms with van der Waals surface area (Å²) < 4.78 is 12.9. The van der Waals surface area contributed by atoms with Crippen LogP contribution in [0.25, 0.3) is 0 Å². The van der Waals surface area contributed by atoms with Crippen LogP contribution in [0.5, 0.6) is 0 Å². The fraction of sp³-hybridized carbons (Fsp3) is 0.417. The van der Waals surface area contributed by atoms with Crippen molar-refractivity contribution in [2.45, 2.75) is 25.6 Å². The molecule has 0 saturated heterocycles. The summed E-state index contributed by atoms with van der Waals surface area (Å²) in [4.78, 5) is 11.6. The first kappa shape index (κ1) is 14.3. The molecule has 1 aromatic rings. The number of amides is 1. The third-order valence-corrected chi connectivity index (χ3v) is 3.47. The van der Waals surface area contributed by atoms with E-state index >= 15 is 0 Å². The number of carbonyl (C=O) groups excluding carboxylic acids is 1. The minimum atomic E-state index is -0.462. The zero-order valence-electron chi connectivity index (χ0n) is 9.71. The second kappa shape index (κ2) is 6.26. The molecule has 5 heteroatoms. The van der Waals surface area contributed by atoms with Gasteiger partial charge >= 0.3 is 0 Å². The molecule has 1 N–H and O–H groups in total. The van der Waals surface area contributed by atoms with Crippen molar-refractivity contribution in [3.8, 4) is 0 Å². The molecule has 0 radical (unpaired) electrons. The number of rotatable bonds is 4. The van der Waals surface area contributed by atoms with Crippen molar-refractivity contribution in [3.05, 3.63) is 34.6 Å². The number of hydrogen-bond donors (Lipinski definition) is 2. The van der Waals surface area contributed by atoms with Gasteiger partial charge in [0.05, 0.1) is 10.3 Å². The van der Waals surface area contributed by atoms with Crippen molar-refractivity contribution in [1.29, 1.82) is 0 Å². The molecule has 0 aliphatic heterocycles. The maximum absolute atomic E-state index is 12.9. The molecular weight excluding hydrogens is 261 g/mol. The molecule has 1 unspecified atom stereocenters. The van der Waals surface area contributed by atoms with Crippen molar-refractivity contribution >= 4 is 30.1 Å². The zero-order chi connectivity index (χ0) is 13.0. The lowest BCUT2D eigenvalue weighted by molar-refractivity contribution is -0.121. The van der Waals surface area contributed by atoms with Gasteiger partial charge in [-0.3, -0.25) is 4.79 Å². The van der Waals surface area contributed by atoms with Crippen LogP contribution in [0.4, 0.5) is 4.39 Å². The highest BCUT2D eigenvalue weighted by Crippen LogP contribution is 2.16. The van der Waals surface area contributed by atoms with Gasteiger partial charge in [-0.15, -0.1) is 0 Å². The van der Waals surface area contributed by atoms with Crippen molar-refractivity contribution < 1.29 is 9.18 Å². The summed E-state index contributed by atoms with van der Waals surface area (Å²) in [7, 11) is 0. The topological polar surface area (TPSA) is 29.1 Å². The highest BCUT2D eigenvalue weighted by molar-refractivity contribution is 7.81. The van der Waals surface area contributed by atoms with Gasteiger partial charge < -0.3 is 5.32 Å². The smallest absolute Gasteiger partial charge is 0.233 e. The van der Waals surface area contributed by atoms with E-state index < -0.39 is 5.82 Å². The number of halogens is 2. The number of thiol groups is 1. The van der Waals surface area contributed by atoms with Crippen LogP contribution in [0, 0.1) is 11.7 Å². The summed E-state index contributed by atoms with van der Waals surface area (Å²) in [5, 5.41) is 2.45. The molecule has 1 aromatic carbocycles. The summed E-state index contributed by atoms with van der Waals surface area (Å²) >= 11 is 9.84. The van der Waals surface area contributed by atoms with Crippen LogP contribution in [0.3, 0.4) is 0 Å². The Morgan fingerprint density at radius 2 is 2.18 bits per heavy atom. The maximum atomic E-state index is 12.9. The number of benzene rings is 1. The van der Waals surface area contributed by atoms with Gasteiger partial charge in [0.2, 0.25) is 5.91 Å². The largest absolute Gasteiger partial charge is 0.351 e. The molecular formula is C12H15ClFNOS. The molecule has 0 spiro atoms. The average Bonchev–Trinajstić information content (AvgIpc) is 2.29. The predicted octanol–water partition coefficient (Wildman–Crippen LogP) is 3.05. The Kier molecular flexibility index (Phi) is 5.28. The van der Waals surface area contributed by atoms with E-state index in [1.807, 2.05) is 13.8 Å². The van der Waals surface area contributed by atoms with Crippen molar-refractivity contribution in [1.82, 2.24) is 5.32 Å². The van der Waals surface area contributed by atoms with E-state index in [0.29, 0.717) is 6.54 Å². The first-order valence-corrected chi connectivity index (χ1v) is 6.21. The first-order valence-electron chi connectivity index (χ1n) is 5.31. The van der Waals surface area contributed by atoms with Crippen molar-refractivity contribution in [2.24, 2.45) is 5.92 Å². The van der Waals surface area contributed by atoms with Crippen LogP contribution < -0.4 is 5.32 Å².